The lowest BCUT2D eigenvalue weighted by Gasteiger charge is -2.28. The van der Waals surface area contributed by atoms with Crippen molar-refractivity contribution in [2.24, 2.45) is 0 Å². The molecular weight excluding hydrogens is 1060 g/mol. The number of rotatable bonds is 18. The quantitative estimate of drug-likeness (QED) is 0.0798. The van der Waals surface area contributed by atoms with E-state index in [1.165, 1.54) is 0 Å². The molecule has 0 saturated carbocycles. The first kappa shape index (κ1) is 55.6. The standard InChI is InChI=1S/C81H60N6/c1-3-5-27-64(4-2)84(65-28-13-6-14-29-65)72-50-42-60(43-51-72)78-76(58-82)77(59-83)79(61-44-52-73(53-45-61)85(66-30-15-7-16-31-66)67-32-17-8-18-33-67)81(63-48-56-75(57-49-63)87(70-38-23-11-24-39-70)71-40-25-12-26-41-71)80(78)62-46-54-74(55-47-62)86(68-34-19-9-20-35-68)69-36-21-10-22-37-69/h3-57H,2H2,1H3/b5-3-,64-27+. The van der Waals surface area contributed by atoms with Crippen LogP contribution in [0.2, 0.25) is 0 Å². The van der Waals surface area contributed by atoms with Crippen LogP contribution in [0.15, 0.2) is 346 Å². The van der Waals surface area contributed by atoms with Gasteiger partial charge in [0.2, 0.25) is 0 Å². The fourth-order valence-electron chi connectivity index (χ4n) is 11.5. The number of hydrogen-bond donors (Lipinski definition) is 0. The van der Waals surface area contributed by atoms with E-state index in [0.717, 1.165) is 102 Å². The fraction of sp³-hybridized carbons (Fsp3) is 0.0123. The van der Waals surface area contributed by atoms with Gasteiger partial charge in [0.15, 0.2) is 0 Å². The van der Waals surface area contributed by atoms with Crippen molar-refractivity contribution < 1.29 is 0 Å². The van der Waals surface area contributed by atoms with Crippen molar-refractivity contribution in [1.82, 2.24) is 0 Å². The van der Waals surface area contributed by atoms with Crippen LogP contribution in [0.5, 0.6) is 0 Å². The molecule has 0 N–H and O–H groups in total. The van der Waals surface area contributed by atoms with Gasteiger partial charge in [-0.05, 0) is 186 Å². The van der Waals surface area contributed by atoms with E-state index in [1.807, 2.05) is 110 Å². The summed E-state index contributed by atoms with van der Waals surface area (Å²) >= 11 is 0. The van der Waals surface area contributed by atoms with Crippen LogP contribution < -0.4 is 19.6 Å². The van der Waals surface area contributed by atoms with Gasteiger partial charge < -0.3 is 19.6 Å². The molecule has 87 heavy (non-hydrogen) atoms. The van der Waals surface area contributed by atoms with Crippen molar-refractivity contribution in [3.05, 3.63) is 357 Å². The summed E-state index contributed by atoms with van der Waals surface area (Å²) in [7, 11) is 0. The first-order valence-electron chi connectivity index (χ1n) is 29.0. The molecule has 12 aromatic carbocycles. The summed E-state index contributed by atoms with van der Waals surface area (Å²) in [5, 5.41) is 23.7. The first-order chi connectivity index (χ1) is 43.0. The molecule has 0 radical (unpaired) electrons. The summed E-state index contributed by atoms with van der Waals surface area (Å²) in [6, 6.07) is 112. The highest BCUT2D eigenvalue weighted by atomic mass is 15.2. The zero-order chi connectivity index (χ0) is 59.3. The molecule has 6 heteroatoms. The molecule has 0 saturated heterocycles. The van der Waals surface area contributed by atoms with Gasteiger partial charge in [0, 0.05) is 79.4 Å². The van der Waals surface area contributed by atoms with Crippen LogP contribution in [-0.2, 0) is 0 Å². The Hall–Kier alpha value is -12.0. The van der Waals surface area contributed by atoms with Gasteiger partial charge >= 0.3 is 0 Å². The van der Waals surface area contributed by atoms with Gasteiger partial charge in [-0.1, -0.05) is 195 Å². The molecule has 0 aliphatic heterocycles. The second-order valence-electron chi connectivity index (χ2n) is 20.7. The Morgan fingerprint density at radius 1 is 0.299 bits per heavy atom. The van der Waals surface area contributed by atoms with Crippen LogP contribution >= 0.6 is 0 Å². The maximum Gasteiger partial charge on any atom is 0.101 e. The van der Waals surface area contributed by atoms with Crippen molar-refractivity contribution in [2.45, 2.75) is 6.92 Å². The minimum Gasteiger partial charge on any atom is -0.311 e. The minimum absolute atomic E-state index is 0.271. The van der Waals surface area contributed by atoms with Gasteiger partial charge in [-0.3, -0.25) is 0 Å². The smallest absolute Gasteiger partial charge is 0.101 e. The number of para-hydroxylation sites is 7. The maximum atomic E-state index is 11.9. The van der Waals surface area contributed by atoms with E-state index < -0.39 is 0 Å². The maximum absolute atomic E-state index is 11.9. The van der Waals surface area contributed by atoms with E-state index in [1.54, 1.807) is 0 Å². The monoisotopic (exact) mass is 1120 g/mol. The molecule has 0 unspecified atom stereocenters. The topological polar surface area (TPSA) is 60.5 Å². The number of nitrogens with zero attached hydrogens (tertiary/aromatic N) is 6. The van der Waals surface area contributed by atoms with Crippen LogP contribution in [0.25, 0.3) is 44.5 Å². The molecule has 0 amide bonds. The van der Waals surface area contributed by atoms with Crippen molar-refractivity contribution >= 4 is 62.6 Å². The van der Waals surface area contributed by atoms with Gasteiger partial charge in [0.25, 0.3) is 0 Å². The highest BCUT2D eigenvalue weighted by Crippen LogP contribution is 2.52. The third-order valence-electron chi connectivity index (χ3n) is 15.4. The van der Waals surface area contributed by atoms with Crippen molar-refractivity contribution in [2.75, 3.05) is 19.6 Å². The number of allylic oxidation sites excluding steroid dienone is 4. The average molecular weight is 1120 g/mol. The lowest BCUT2D eigenvalue weighted by Crippen LogP contribution is -2.14. The number of nitriles is 2. The molecule has 414 valence electrons. The predicted octanol–water partition coefficient (Wildman–Crippen LogP) is 22.3. The molecule has 0 heterocycles. The zero-order valence-corrected chi connectivity index (χ0v) is 48.1. The highest BCUT2D eigenvalue weighted by Gasteiger charge is 2.29. The van der Waals surface area contributed by atoms with E-state index >= 15 is 0 Å². The highest BCUT2D eigenvalue weighted by molar-refractivity contribution is 6.07. The number of anilines is 11. The summed E-state index contributed by atoms with van der Waals surface area (Å²) < 4.78 is 0. The lowest BCUT2D eigenvalue weighted by atomic mass is 9.77. The third-order valence-corrected chi connectivity index (χ3v) is 15.4. The largest absolute Gasteiger partial charge is 0.311 e. The second kappa shape index (κ2) is 26.1. The van der Waals surface area contributed by atoms with Crippen LogP contribution in [0.1, 0.15) is 18.1 Å². The zero-order valence-electron chi connectivity index (χ0n) is 48.1. The number of benzene rings is 12. The third kappa shape index (κ3) is 11.6. The Bertz CT molecular complexity index is 4310. The fourth-order valence-corrected chi connectivity index (χ4v) is 11.5. The van der Waals surface area contributed by atoms with Gasteiger partial charge in [0.1, 0.15) is 12.1 Å². The molecule has 6 nitrogen and oxygen atoms in total. The molecule has 12 rings (SSSR count). The average Bonchev–Trinajstić information content (AvgIpc) is 3.39. The molecule has 0 aliphatic rings. The van der Waals surface area contributed by atoms with Gasteiger partial charge in [0.05, 0.1) is 11.1 Å². The van der Waals surface area contributed by atoms with E-state index in [0.29, 0.717) is 11.1 Å². The molecule has 0 bridgehead atoms. The summed E-state index contributed by atoms with van der Waals surface area (Å²) in [5.74, 6) is 0. The van der Waals surface area contributed by atoms with E-state index in [-0.39, 0.29) is 11.1 Å². The minimum atomic E-state index is 0.271. The Morgan fingerprint density at radius 2 is 0.517 bits per heavy atom. The summed E-state index contributed by atoms with van der Waals surface area (Å²) in [4.78, 5) is 8.88. The van der Waals surface area contributed by atoms with Crippen molar-refractivity contribution in [3.63, 3.8) is 0 Å². The van der Waals surface area contributed by atoms with Crippen LogP contribution in [0.3, 0.4) is 0 Å². The van der Waals surface area contributed by atoms with E-state index in [2.05, 4.69) is 269 Å². The molecule has 0 aliphatic carbocycles. The molecule has 0 atom stereocenters. The Labute approximate surface area is 510 Å². The number of hydrogen-bond acceptors (Lipinski definition) is 6. The molecule has 0 aromatic heterocycles. The Kier molecular flexibility index (Phi) is 16.7. The Morgan fingerprint density at radius 3 is 0.759 bits per heavy atom. The van der Waals surface area contributed by atoms with Gasteiger partial charge in [-0.25, -0.2) is 0 Å². The van der Waals surface area contributed by atoms with Crippen molar-refractivity contribution in [3.8, 4) is 56.6 Å². The lowest BCUT2D eigenvalue weighted by molar-refractivity contribution is 1.21. The summed E-state index contributed by atoms with van der Waals surface area (Å²) in [6.07, 6.45) is 7.90. The van der Waals surface area contributed by atoms with Gasteiger partial charge in [-0.2, -0.15) is 10.5 Å². The second-order valence-corrected chi connectivity index (χ2v) is 20.7. The van der Waals surface area contributed by atoms with Gasteiger partial charge in [-0.15, -0.1) is 0 Å². The first-order valence-corrected chi connectivity index (χ1v) is 29.0. The summed E-state index contributed by atoms with van der Waals surface area (Å²) in [6.45, 7) is 6.22. The predicted molar refractivity (Wildman–Crippen MR) is 363 cm³/mol. The normalized spacial score (nSPS) is 11.1. The molecular formula is C81H60N6. The van der Waals surface area contributed by atoms with Crippen LogP contribution in [0.4, 0.5) is 62.6 Å². The van der Waals surface area contributed by atoms with Crippen LogP contribution in [-0.4, -0.2) is 0 Å². The summed E-state index contributed by atoms with van der Waals surface area (Å²) in [5.41, 5.74) is 18.3. The molecule has 0 spiro atoms. The van der Waals surface area contributed by atoms with Crippen molar-refractivity contribution in [1.29, 1.82) is 10.5 Å². The molecule has 12 aromatic rings. The SMILES string of the molecule is C=C/C(=C\C=C/C)N(c1ccccc1)c1ccc(-c2c(C#N)c(C#N)c(-c3ccc(N(c4ccccc4)c4ccccc4)cc3)c(-c3ccc(N(c4ccccc4)c4ccccc4)cc3)c2-c2ccc(N(c3ccccc3)c3ccccc3)cc2)cc1. The Balaban J connectivity index is 1.13. The van der Waals surface area contributed by atoms with E-state index in [4.69, 9.17) is 0 Å². The molecule has 0 fully saturated rings. The van der Waals surface area contributed by atoms with Crippen LogP contribution in [0, 0.1) is 22.7 Å². The van der Waals surface area contributed by atoms with E-state index in [9.17, 15) is 10.5 Å².